The predicted octanol–water partition coefficient (Wildman–Crippen LogP) is 2.47. The molecule has 0 aliphatic carbocycles. The Morgan fingerprint density at radius 2 is 1.64 bits per heavy atom. The molecule has 1 saturated heterocycles. The molecular formula is C19H22N2O3S. The van der Waals surface area contributed by atoms with Gasteiger partial charge in [0.25, 0.3) is 0 Å². The van der Waals surface area contributed by atoms with Gasteiger partial charge in [-0.15, -0.1) is 0 Å². The van der Waals surface area contributed by atoms with Crippen LogP contribution in [0.3, 0.4) is 0 Å². The van der Waals surface area contributed by atoms with Crippen LogP contribution in [0.5, 0.6) is 0 Å². The Morgan fingerprint density at radius 3 is 2.28 bits per heavy atom. The third-order valence-electron chi connectivity index (χ3n) is 4.48. The Hall–Kier alpha value is -2.18. The Labute approximate surface area is 148 Å². The highest BCUT2D eigenvalue weighted by Gasteiger charge is 2.39. The van der Waals surface area contributed by atoms with Gasteiger partial charge in [0.05, 0.1) is 4.90 Å². The summed E-state index contributed by atoms with van der Waals surface area (Å²) in [7, 11) is -3.78. The normalized spacial score (nSPS) is 18.8. The SMILES string of the molecule is Cc1ccc(C2C(=O)NCCN2S(=O)(=O)c2ccc(C)cc2C)cc1. The predicted molar refractivity (Wildman–Crippen MR) is 96.7 cm³/mol. The minimum Gasteiger partial charge on any atom is -0.353 e. The zero-order valence-corrected chi connectivity index (χ0v) is 15.4. The molecule has 1 unspecified atom stereocenters. The summed E-state index contributed by atoms with van der Waals surface area (Å²) in [6.07, 6.45) is 0. The molecule has 0 radical (unpaired) electrons. The van der Waals surface area contributed by atoms with Crippen molar-refractivity contribution >= 4 is 15.9 Å². The Kier molecular flexibility index (Phi) is 4.67. The van der Waals surface area contributed by atoms with E-state index in [1.807, 2.05) is 44.2 Å². The van der Waals surface area contributed by atoms with Gasteiger partial charge in [0.2, 0.25) is 15.9 Å². The number of carbonyl (C=O) groups excluding carboxylic acids is 1. The van der Waals surface area contributed by atoms with E-state index in [0.29, 0.717) is 17.7 Å². The molecule has 0 spiro atoms. The van der Waals surface area contributed by atoms with E-state index in [0.717, 1.165) is 11.1 Å². The summed E-state index contributed by atoms with van der Waals surface area (Å²) in [5, 5.41) is 2.78. The van der Waals surface area contributed by atoms with E-state index < -0.39 is 16.1 Å². The van der Waals surface area contributed by atoms with Crippen molar-refractivity contribution in [3.8, 4) is 0 Å². The molecule has 25 heavy (non-hydrogen) atoms. The summed E-state index contributed by atoms with van der Waals surface area (Å²) in [4.78, 5) is 12.7. The molecule has 1 amide bonds. The van der Waals surface area contributed by atoms with Crippen LogP contribution in [0.2, 0.25) is 0 Å². The van der Waals surface area contributed by atoms with Gasteiger partial charge in [-0.05, 0) is 38.0 Å². The summed E-state index contributed by atoms with van der Waals surface area (Å²) < 4.78 is 27.8. The lowest BCUT2D eigenvalue weighted by Gasteiger charge is -2.34. The molecule has 1 atom stereocenters. The molecule has 1 heterocycles. The van der Waals surface area contributed by atoms with E-state index >= 15 is 0 Å². The van der Waals surface area contributed by atoms with Gasteiger partial charge in [0.15, 0.2) is 0 Å². The third kappa shape index (κ3) is 3.32. The zero-order chi connectivity index (χ0) is 18.2. The van der Waals surface area contributed by atoms with Crippen molar-refractivity contribution in [3.63, 3.8) is 0 Å². The number of sulfonamides is 1. The van der Waals surface area contributed by atoms with Crippen LogP contribution in [-0.2, 0) is 14.8 Å². The first-order valence-electron chi connectivity index (χ1n) is 8.24. The van der Waals surface area contributed by atoms with Gasteiger partial charge in [0, 0.05) is 13.1 Å². The van der Waals surface area contributed by atoms with Gasteiger partial charge in [-0.3, -0.25) is 4.79 Å². The minimum absolute atomic E-state index is 0.250. The lowest BCUT2D eigenvalue weighted by atomic mass is 10.0. The van der Waals surface area contributed by atoms with Crippen molar-refractivity contribution in [2.24, 2.45) is 0 Å². The van der Waals surface area contributed by atoms with E-state index in [-0.39, 0.29) is 17.3 Å². The van der Waals surface area contributed by atoms with Gasteiger partial charge in [-0.2, -0.15) is 4.31 Å². The standard InChI is InChI=1S/C19H22N2O3S/c1-13-4-7-16(8-5-13)18-19(22)20-10-11-21(18)25(23,24)17-9-6-14(2)12-15(17)3/h4-9,12,18H,10-11H2,1-3H3,(H,20,22). The number of nitrogens with zero attached hydrogens (tertiary/aromatic N) is 1. The fourth-order valence-electron chi connectivity index (χ4n) is 3.19. The van der Waals surface area contributed by atoms with Crippen molar-refractivity contribution in [2.45, 2.75) is 31.7 Å². The highest BCUT2D eigenvalue weighted by Crippen LogP contribution is 2.31. The number of rotatable bonds is 3. The maximum atomic E-state index is 13.3. The second-order valence-corrected chi connectivity index (χ2v) is 8.35. The molecule has 1 N–H and O–H groups in total. The number of carbonyl (C=O) groups is 1. The van der Waals surface area contributed by atoms with Crippen LogP contribution in [0, 0.1) is 20.8 Å². The fraction of sp³-hybridized carbons (Fsp3) is 0.316. The second-order valence-electron chi connectivity index (χ2n) is 6.49. The lowest BCUT2D eigenvalue weighted by molar-refractivity contribution is -0.126. The maximum absolute atomic E-state index is 13.3. The number of hydrogen-bond donors (Lipinski definition) is 1. The molecule has 6 heteroatoms. The monoisotopic (exact) mass is 358 g/mol. The van der Waals surface area contributed by atoms with Crippen LogP contribution in [0.1, 0.15) is 28.3 Å². The van der Waals surface area contributed by atoms with Crippen molar-refractivity contribution in [3.05, 3.63) is 64.7 Å². The summed E-state index contributed by atoms with van der Waals surface area (Å²) in [6.45, 7) is 6.22. The zero-order valence-electron chi connectivity index (χ0n) is 14.6. The van der Waals surface area contributed by atoms with Crippen LogP contribution in [-0.4, -0.2) is 31.7 Å². The number of aryl methyl sites for hydroxylation is 3. The van der Waals surface area contributed by atoms with Crippen LogP contribution in [0.4, 0.5) is 0 Å². The minimum atomic E-state index is -3.78. The highest BCUT2D eigenvalue weighted by atomic mass is 32.2. The van der Waals surface area contributed by atoms with E-state index in [1.54, 1.807) is 19.1 Å². The van der Waals surface area contributed by atoms with E-state index in [1.165, 1.54) is 4.31 Å². The number of piperazine rings is 1. The van der Waals surface area contributed by atoms with Crippen LogP contribution < -0.4 is 5.32 Å². The quantitative estimate of drug-likeness (QED) is 0.917. The Bertz CT molecular complexity index is 905. The summed E-state index contributed by atoms with van der Waals surface area (Å²) in [6, 6.07) is 11.8. The van der Waals surface area contributed by atoms with Crippen LogP contribution in [0.15, 0.2) is 47.4 Å². The Balaban J connectivity index is 2.08. The smallest absolute Gasteiger partial charge is 0.244 e. The second kappa shape index (κ2) is 6.61. The summed E-state index contributed by atoms with van der Waals surface area (Å²) in [5.41, 5.74) is 3.43. The largest absolute Gasteiger partial charge is 0.353 e. The van der Waals surface area contributed by atoms with Gasteiger partial charge >= 0.3 is 0 Å². The van der Waals surface area contributed by atoms with Crippen molar-refractivity contribution < 1.29 is 13.2 Å². The number of hydrogen-bond acceptors (Lipinski definition) is 3. The molecule has 0 saturated carbocycles. The van der Waals surface area contributed by atoms with E-state index in [9.17, 15) is 13.2 Å². The van der Waals surface area contributed by atoms with E-state index in [2.05, 4.69) is 5.32 Å². The summed E-state index contributed by atoms with van der Waals surface area (Å²) >= 11 is 0. The molecule has 0 bridgehead atoms. The first-order chi connectivity index (χ1) is 11.8. The molecule has 1 fully saturated rings. The average molecular weight is 358 g/mol. The fourth-order valence-corrected chi connectivity index (χ4v) is 4.97. The van der Waals surface area contributed by atoms with Crippen molar-refractivity contribution in [2.75, 3.05) is 13.1 Å². The average Bonchev–Trinajstić information content (AvgIpc) is 2.55. The molecule has 2 aromatic carbocycles. The summed E-state index contributed by atoms with van der Waals surface area (Å²) in [5.74, 6) is -0.288. The molecule has 132 valence electrons. The molecule has 0 aromatic heterocycles. The van der Waals surface area contributed by atoms with Crippen LogP contribution in [0.25, 0.3) is 0 Å². The molecule has 3 rings (SSSR count). The molecule has 2 aromatic rings. The van der Waals surface area contributed by atoms with Gasteiger partial charge in [-0.25, -0.2) is 8.42 Å². The lowest BCUT2D eigenvalue weighted by Crippen LogP contribution is -2.52. The first-order valence-corrected chi connectivity index (χ1v) is 9.68. The number of amides is 1. The van der Waals surface area contributed by atoms with Crippen molar-refractivity contribution in [1.82, 2.24) is 9.62 Å². The Morgan fingerprint density at radius 1 is 1.00 bits per heavy atom. The van der Waals surface area contributed by atoms with E-state index in [4.69, 9.17) is 0 Å². The van der Waals surface area contributed by atoms with Crippen LogP contribution >= 0.6 is 0 Å². The molecule has 1 aliphatic rings. The van der Waals surface area contributed by atoms with Gasteiger partial charge < -0.3 is 5.32 Å². The first kappa shape index (κ1) is 17.6. The maximum Gasteiger partial charge on any atom is 0.244 e. The number of benzene rings is 2. The molecule has 5 nitrogen and oxygen atoms in total. The van der Waals surface area contributed by atoms with Crippen molar-refractivity contribution in [1.29, 1.82) is 0 Å². The molecular weight excluding hydrogens is 336 g/mol. The number of nitrogens with one attached hydrogen (secondary N) is 1. The van der Waals surface area contributed by atoms with Gasteiger partial charge in [-0.1, -0.05) is 47.5 Å². The molecule has 1 aliphatic heterocycles. The third-order valence-corrected chi connectivity index (χ3v) is 6.50. The topological polar surface area (TPSA) is 66.5 Å². The highest BCUT2D eigenvalue weighted by molar-refractivity contribution is 7.89. The van der Waals surface area contributed by atoms with Gasteiger partial charge in [0.1, 0.15) is 6.04 Å².